The van der Waals surface area contributed by atoms with Crippen LogP contribution in [0.3, 0.4) is 0 Å². The van der Waals surface area contributed by atoms with Gasteiger partial charge in [0.05, 0.1) is 0 Å². The summed E-state index contributed by atoms with van der Waals surface area (Å²) in [6, 6.07) is 0. The van der Waals surface area contributed by atoms with Crippen LogP contribution in [0.2, 0.25) is 0 Å². The summed E-state index contributed by atoms with van der Waals surface area (Å²) in [7, 11) is 0. The summed E-state index contributed by atoms with van der Waals surface area (Å²) in [6.07, 6.45) is 14.2. The summed E-state index contributed by atoms with van der Waals surface area (Å²) in [5, 5.41) is 0. The Balaban J connectivity index is -0.0000000381. The van der Waals surface area contributed by atoms with E-state index in [2.05, 4.69) is 55.4 Å². The zero-order valence-electron chi connectivity index (χ0n) is 17.4. The van der Waals surface area contributed by atoms with Crippen LogP contribution in [0, 0.1) is 130 Å². The van der Waals surface area contributed by atoms with Crippen molar-refractivity contribution in [2.45, 2.75) is 27.7 Å². The molecule has 0 amide bonds. The first-order chi connectivity index (χ1) is 11.2. The van der Waals surface area contributed by atoms with E-state index in [0.717, 1.165) is 23.7 Å². The normalized spacial score (nSPS) is 8.89. The fraction of sp³-hybridized carbons (Fsp3) is 0.167. The molecule has 0 aromatic rings. The average molecular weight is 489 g/mol. The van der Waals surface area contributed by atoms with Crippen LogP contribution in [0.25, 0.3) is 0 Å². The summed E-state index contributed by atoms with van der Waals surface area (Å²) in [4.78, 5) is 0. The van der Waals surface area contributed by atoms with Crippen LogP contribution in [-0.4, -0.2) is 0 Å². The molecule has 0 saturated carbocycles. The Bertz CT molecular complexity index is 130. The smallest absolute Gasteiger partial charge is 0 e. The largest absolute Gasteiger partial charge is 0.0585 e. The fourth-order valence-corrected chi connectivity index (χ4v) is 0.333. The van der Waals surface area contributed by atoms with Gasteiger partial charge in [0.25, 0.3) is 0 Å². The molecular weight excluding hydrogens is 453 g/mol. The van der Waals surface area contributed by atoms with Crippen LogP contribution in [0.15, 0.2) is 0 Å². The fourth-order valence-electron chi connectivity index (χ4n) is 0.333. The number of hydrogen-bond acceptors (Lipinski definition) is 0. The SMILES string of the molecule is [CH2][CH][C](C)[CH][CH2].[CH2][CH][C](C)[CH][CH2].[CH2][CH][C](C)[CH][CH2].[CH2][CH][C](C)[CH][CH2].[Mn].[Mn].[Mn]. The van der Waals surface area contributed by atoms with Crippen LogP contribution in [0.4, 0.5) is 0 Å². The van der Waals surface area contributed by atoms with E-state index in [1.54, 1.807) is 51.4 Å². The van der Waals surface area contributed by atoms with Crippen LogP contribution in [-0.2, 0) is 51.2 Å². The average Bonchev–Trinajstić information content (AvgIpc) is 2.66. The third-order valence-corrected chi connectivity index (χ3v) is 2.58. The van der Waals surface area contributed by atoms with Gasteiger partial charge in [0.15, 0.2) is 0 Å². The summed E-state index contributed by atoms with van der Waals surface area (Å²) in [5.41, 5.74) is 0. The van der Waals surface area contributed by atoms with E-state index in [-0.39, 0.29) is 51.2 Å². The molecule has 0 bridgehead atoms. The second kappa shape index (κ2) is 41.8. The van der Waals surface area contributed by atoms with Gasteiger partial charge in [-0.25, -0.2) is 0 Å². The first-order valence-electron chi connectivity index (χ1n) is 7.58. The van der Waals surface area contributed by atoms with Gasteiger partial charge in [0.1, 0.15) is 0 Å². The molecule has 0 aliphatic heterocycles. The molecule has 27 heavy (non-hydrogen) atoms. The van der Waals surface area contributed by atoms with E-state index >= 15 is 0 Å². The van der Waals surface area contributed by atoms with Crippen LogP contribution < -0.4 is 0 Å². The van der Waals surface area contributed by atoms with Crippen molar-refractivity contribution in [2.75, 3.05) is 0 Å². The van der Waals surface area contributed by atoms with Crippen molar-refractivity contribution in [3.8, 4) is 0 Å². The maximum Gasteiger partial charge on any atom is 0 e. The monoisotopic (exact) mass is 489 g/mol. The third-order valence-electron chi connectivity index (χ3n) is 2.58. The van der Waals surface area contributed by atoms with E-state index < -0.39 is 0 Å². The topological polar surface area (TPSA) is 0 Å². The van der Waals surface area contributed by atoms with Gasteiger partial charge in [-0.2, -0.15) is 0 Å². The maximum absolute atomic E-state index is 3.52. The van der Waals surface area contributed by atoms with Crippen molar-refractivity contribution in [1.82, 2.24) is 0 Å². The molecule has 0 nitrogen and oxygen atoms in total. The minimum absolute atomic E-state index is 0. The molecule has 23 radical (unpaired) electrons. The Morgan fingerprint density at radius 3 is 0.407 bits per heavy atom. The third kappa shape index (κ3) is 58.4. The molecule has 0 N–H and O–H groups in total. The van der Waals surface area contributed by atoms with Gasteiger partial charge in [0.2, 0.25) is 0 Å². The predicted molar refractivity (Wildman–Crippen MR) is 113 cm³/mol. The van der Waals surface area contributed by atoms with E-state index in [9.17, 15) is 0 Å². The molecule has 0 aliphatic rings. The molecule has 153 valence electrons. The Kier molecular flexibility index (Phi) is 72.3. The van der Waals surface area contributed by atoms with Crippen molar-refractivity contribution in [3.05, 3.63) is 130 Å². The molecule has 0 spiro atoms. The van der Waals surface area contributed by atoms with Gasteiger partial charge in [-0.15, -0.1) is 0 Å². The van der Waals surface area contributed by atoms with Gasteiger partial charge < -0.3 is 0 Å². The summed E-state index contributed by atoms with van der Waals surface area (Å²) in [5.74, 6) is 4.48. The van der Waals surface area contributed by atoms with Crippen molar-refractivity contribution >= 4 is 0 Å². The van der Waals surface area contributed by atoms with Crippen molar-refractivity contribution in [1.29, 1.82) is 0 Å². The summed E-state index contributed by atoms with van der Waals surface area (Å²) < 4.78 is 0. The first-order valence-corrected chi connectivity index (χ1v) is 7.58. The Morgan fingerprint density at radius 2 is 0.407 bits per heavy atom. The van der Waals surface area contributed by atoms with Gasteiger partial charge in [0, 0.05) is 51.2 Å². The molecule has 0 saturated heterocycles. The Labute approximate surface area is 208 Å². The minimum atomic E-state index is 0. The zero-order valence-corrected chi connectivity index (χ0v) is 21.0. The quantitative estimate of drug-likeness (QED) is 0.336. The van der Waals surface area contributed by atoms with E-state index in [0.29, 0.717) is 0 Å². The zero-order chi connectivity index (χ0) is 20.0. The molecule has 0 heterocycles. The molecule has 3 heteroatoms. The first kappa shape index (κ1) is 46.7. The van der Waals surface area contributed by atoms with Crippen LogP contribution in [0.1, 0.15) is 27.7 Å². The molecule has 0 rings (SSSR count). The molecule has 0 aromatic carbocycles. The van der Waals surface area contributed by atoms with Gasteiger partial charge >= 0.3 is 0 Å². The van der Waals surface area contributed by atoms with Crippen molar-refractivity contribution < 1.29 is 51.2 Å². The summed E-state index contributed by atoms with van der Waals surface area (Å²) in [6.45, 7) is 36.0. The molecule has 0 aliphatic carbocycles. The second-order valence-corrected chi connectivity index (χ2v) is 4.61. The van der Waals surface area contributed by atoms with Gasteiger partial charge in [-0.1, -0.05) is 27.7 Å². The van der Waals surface area contributed by atoms with Crippen molar-refractivity contribution in [3.63, 3.8) is 0 Å². The molecule has 0 fully saturated rings. The predicted octanol–water partition coefficient (Wildman–Crippen LogP) is 6.62. The molecule has 0 unspecified atom stereocenters. The Morgan fingerprint density at radius 1 is 0.333 bits per heavy atom. The standard InChI is InChI=1S/4C6H9.3Mn/c4*1-4-6(3)5-2;;;/h4*4-5H,1-2H2,3H3;;;. The van der Waals surface area contributed by atoms with E-state index in [4.69, 9.17) is 0 Å². The number of rotatable bonds is 8. The Hall–Kier alpha value is 1.56. The van der Waals surface area contributed by atoms with Gasteiger partial charge in [-0.05, 0) is 130 Å². The molecule has 0 atom stereocenters. The minimum Gasteiger partial charge on any atom is -0.0585 e. The van der Waals surface area contributed by atoms with E-state index in [1.165, 1.54) is 0 Å². The van der Waals surface area contributed by atoms with Crippen molar-refractivity contribution in [2.24, 2.45) is 0 Å². The van der Waals surface area contributed by atoms with E-state index in [1.807, 2.05) is 27.7 Å². The van der Waals surface area contributed by atoms with Gasteiger partial charge in [-0.3, -0.25) is 0 Å². The number of hydrogen-bond donors (Lipinski definition) is 0. The van der Waals surface area contributed by atoms with Crippen LogP contribution in [0.5, 0.6) is 0 Å². The molecule has 0 aromatic heterocycles. The summed E-state index contributed by atoms with van der Waals surface area (Å²) >= 11 is 0. The maximum atomic E-state index is 3.52. The molecular formula is C24H36Mn3. The van der Waals surface area contributed by atoms with Crippen LogP contribution >= 0.6 is 0 Å². The second-order valence-electron chi connectivity index (χ2n) is 4.61.